The molecule has 3 fully saturated rings. The fourth-order valence-corrected chi connectivity index (χ4v) is 6.65. The van der Waals surface area contributed by atoms with E-state index in [2.05, 4.69) is 39.4 Å². The van der Waals surface area contributed by atoms with Crippen molar-refractivity contribution in [3.63, 3.8) is 0 Å². The molecule has 2 atom stereocenters. The molecule has 180 valence electrons. The van der Waals surface area contributed by atoms with Crippen LogP contribution in [0.4, 0.5) is 10.6 Å². The maximum Gasteiger partial charge on any atom is 0.407 e. The largest absolute Gasteiger partial charge is 0.444 e. The van der Waals surface area contributed by atoms with Crippen molar-refractivity contribution in [2.45, 2.75) is 89.4 Å². The van der Waals surface area contributed by atoms with Crippen molar-refractivity contribution >= 4 is 33.5 Å². The number of aromatic nitrogens is 1. The second kappa shape index (κ2) is 9.41. The normalized spacial score (nSPS) is 28.3. The number of nitrogens with zero attached hydrogens (tertiary/aromatic N) is 3. The summed E-state index contributed by atoms with van der Waals surface area (Å²) in [5.74, 6) is 1.99. The van der Waals surface area contributed by atoms with Crippen LogP contribution in [0.2, 0.25) is 0 Å². The number of carbonyl (C=O) groups is 1. The average molecular weight is 471 g/mol. The SMILES string of the molecule is CC(C)(C)OC(=O)N[C@H]1CC[C@H](CCN2CCN(c3nsc4ccccc34)C3CCC32)CC1. The summed E-state index contributed by atoms with van der Waals surface area (Å²) in [5.41, 5.74) is -0.433. The van der Waals surface area contributed by atoms with Crippen molar-refractivity contribution in [1.29, 1.82) is 0 Å². The maximum atomic E-state index is 12.1. The van der Waals surface area contributed by atoms with E-state index in [1.165, 1.54) is 54.6 Å². The number of fused-ring (bicyclic) bond motifs is 2. The molecule has 1 aromatic carbocycles. The second-order valence-electron chi connectivity index (χ2n) is 11.1. The number of ether oxygens (including phenoxy) is 1. The third kappa shape index (κ3) is 5.14. The lowest BCUT2D eigenvalue weighted by Crippen LogP contribution is -2.65. The van der Waals surface area contributed by atoms with Gasteiger partial charge in [-0.05, 0) is 102 Å². The van der Waals surface area contributed by atoms with Crippen LogP contribution in [0.1, 0.15) is 65.7 Å². The molecule has 2 aliphatic carbocycles. The molecule has 3 aliphatic rings. The minimum absolute atomic E-state index is 0.267. The van der Waals surface area contributed by atoms with E-state index < -0.39 is 5.60 Å². The first-order valence-electron chi connectivity index (χ1n) is 12.7. The Balaban J connectivity index is 1.08. The number of nitrogens with one attached hydrogen (secondary N) is 1. The number of hydrogen-bond donors (Lipinski definition) is 1. The number of benzene rings is 1. The van der Waals surface area contributed by atoms with Crippen LogP contribution in [-0.4, -0.2) is 58.7 Å². The highest BCUT2D eigenvalue weighted by Gasteiger charge is 2.43. The molecule has 0 spiro atoms. The van der Waals surface area contributed by atoms with Gasteiger partial charge in [0.15, 0.2) is 5.82 Å². The Kier molecular flexibility index (Phi) is 6.54. The lowest BCUT2D eigenvalue weighted by Gasteiger charge is -2.54. The summed E-state index contributed by atoms with van der Waals surface area (Å²) in [6.07, 6.45) is 8.17. The van der Waals surface area contributed by atoms with E-state index in [0.717, 1.165) is 31.8 Å². The van der Waals surface area contributed by atoms with Crippen LogP contribution in [0.3, 0.4) is 0 Å². The first-order chi connectivity index (χ1) is 15.9. The van der Waals surface area contributed by atoms with Crippen LogP contribution in [0.25, 0.3) is 10.1 Å². The quantitative estimate of drug-likeness (QED) is 0.632. The Morgan fingerprint density at radius 1 is 1.09 bits per heavy atom. The molecule has 2 unspecified atom stereocenters. The fraction of sp³-hybridized carbons (Fsp3) is 0.692. The molecule has 1 saturated heterocycles. The van der Waals surface area contributed by atoms with Gasteiger partial charge in [-0.15, -0.1) is 0 Å². The highest BCUT2D eigenvalue weighted by Crippen LogP contribution is 2.40. The Morgan fingerprint density at radius 2 is 1.85 bits per heavy atom. The molecule has 1 aliphatic heterocycles. The number of alkyl carbamates (subject to hydrolysis) is 1. The number of carbonyl (C=O) groups excluding carboxylic acids is 1. The molecular formula is C26H38N4O2S. The highest BCUT2D eigenvalue weighted by molar-refractivity contribution is 7.13. The van der Waals surface area contributed by atoms with Crippen molar-refractivity contribution in [3.8, 4) is 0 Å². The Labute approximate surface area is 201 Å². The molecule has 1 N–H and O–H groups in total. The first kappa shape index (κ1) is 22.9. The smallest absolute Gasteiger partial charge is 0.407 e. The summed E-state index contributed by atoms with van der Waals surface area (Å²) < 4.78 is 11.6. The second-order valence-corrected chi connectivity index (χ2v) is 11.9. The van der Waals surface area contributed by atoms with E-state index in [9.17, 15) is 4.79 Å². The van der Waals surface area contributed by atoms with Gasteiger partial charge in [-0.2, -0.15) is 4.37 Å². The number of hydrogen-bond acceptors (Lipinski definition) is 6. The number of rotatable bonds is 5. The van der Waals surface area contributed by atoms with Gasteiger partial charge in [-0.25, -0.2) is 4.79 Å². The van der Waals surface area contributed by atoms with Crippen molar-refractivity contribution in [3.05, 3.63) is 24.3 Å². The van der Waals surface area contributed by atoms with Gasteiger partial charge in [0.25, 0.3) is 0 Å². The summed E-state index contributed by atoms with van der Waals surface area (Å²) in [6, 6.07) is 10.2. The van der Waals surface area contributed by atoms with Crippen LogP contribution in [0.5, 0.6) is 0 Å². The summed E-state index contributed by atoms with van der Waals surface area (Å²) in [5, 5.41) is 4.39. The van der Waals surface area contributed by atoms with Gasteiger partial charge >= 0.3 is 6.09 Å². The van der Waals surface area contributed by atoms with E-state index in [0.29, 0.717) is 12.1 Å². The minimum Gasteiger partial charge on any atom is -0.444 e. The van der Waals surface area contributed by atoms with Crippen LogP contribution in [-0.2, 0) is 4.74 Å². The van der Waals surface area contributed by atoms with Gasteiger partial charge in [-0.1, -0.05) is 12.1 Å². The van der Waals surface area contributed by atoms with E-state index in [1.807, 2.05) is 20.8 Å². The van der Waals surface area contributed by atoms with Crippen molar-refractivity contribution in [2.75, 3.05) is 24.5 Å². The summed E-state index contributed by atoms with van der Waals surface area (Å²) in [6.45, 7) is 9.17. The molecule has 0 radical (unpaired) electrons. The van der Waals surface area contributed by atoms with Crippen molar-refractivity contribution in [1.82, 2.24) is 14.6 Å². The Hall–Kier alpha value is -1.86. The van der Waals surface area contributed by atoms with E-state index in [1.54, 1.807) is 11.5 Å². The van der Waals surface area contributed by atoms with Crippen molar-refractivity contribution < 1.29 is 9.53 Å². The molecule has 1 aromatic heterocycles. The minimum atomic E-state index is -0.433. The molecule has 2 saturated carbocycles. The van der Waals surface area contributed by atoms with Crippen LogP contribution in [0.15, 0.2) is 24.3 Å². The zero-order valence-electron chi connectivity index (χ0n) is 20.3. The predicted octanol–water partition coefficient (Wildman–Crippen LogP) is 5.42. The van der Waals surface area contributed by atoms with Gasteiger partial charge in [0.05, 0.1) is 4.70 Å². The third-order valence-electron chi connectivity index (χ3n) is 7.72. The zero-order valence-corrected chi connectivity index (χ0v) is 21.1. The van der Waals surface area contributed by atoms with E-state index in [4.69, 9.17) is 9.11 Å². The lowest BCUT2D eigenvalue weighted by molar-refractivity contribution is 0.0477. The molecule has 0 bridgehead atoms. The van der Waals surface area contributed by atoms with Gasteiger partial charge in [-0.3, -0.25) is 4.90 Å². The number of piperazine rings is 1. The fourth-order valence-electron chi connectivity index (χ4n) is 5.86. The number of anilines is 1. The van der Waals surface area contributed by atoms with Crippen LogP contribution >= 0.6 is 11.5 Å². The molecule has 1 amide bonds. The molecule has 7 heteroatoms. The Morgan fingerprint density at radius 3 is 2.58 bits per heavy atom. The number of amides is 1. The maximum absolute atomic E-state index is 12.1. The van der Waals surface area contributed by atoms with Gasteiger partial charge in [0, 0.05) is 36.6 Å². The predicted molar refractivity (Wildman–Crippen MR) is 135 cm³/mol. The molecule has 5 rings (SSSR count). The summed E-state index contributed by atoms with van der Waals surface area (Å²) in [7, 11) is 0. The van der Waals surface area contributed by atoms with Crippen LogP contribution in [0, 0.1) is 5.92 Å². The molecule has 2 aromatic rings. The van der Waals surface area contributed by atoms with Crippen LogP contribution < -0.4 is 10.2 Å². The van der Waals surface area contributed by atoms with Gasteiger partial charge in [0.2, 0.25) is 0 Å². The highest BCUT2D eigenvalue weighted by atomic mass is 32.1. The van der Waals surface area contributed by atoms with Gasteiger partial charge < -0.3 is 15.0 Å². The third-order valence-corrected chi connectivity index (χ3v) is 8.54. The first-order valence-corrected chi connectivity index (χ1v) is 13.5. The zero-order chi connectivity index (χ0) is 23.0. The average Bonchev–Trinajstić information content (AvgIpc) is 3.16. The van der Waals surface area contributed by atoms with Gasteiger partial charge in [0.1, 0.15) is 5.60 Å². The van der Waals surface area contributed by atoms with E-state index >= 15 is 0 Å². The monoisotopic (exact) mass is 470 g/mol. The lowest BCUT2D eigenvalue weighted by atomic mass is 9.80. The molecule has 33 heavy (non-hydrogen) atoms. The molecule has 6 nitrogen and oxygen atoms in total. The van der Waals surface area contributed by atoms with E-state index in [-0.39, 0.29) is 12.1 Å². The Bertz CT molecular complexity index is 963. The summed E-state index contributed by atoms with van der Waals surface area (Å²) >= 11 is 1.63. The molecular weight excluding hydrogens is 432 g/mol. The van der Waals surface area contributed by atoms with Crippen molar-refractivity contribution in [2.24, 2.45) is 5.92 Å². The molecule has 2 heterocycles. The summed E-state index contributed by atoms with van der Waals surface area (Å²) in [4.78, 5) is 17.4. The standard InChI is InChI=1S/C26H38N4O2S/c1-26(2,3)32-25(31)27-19-10-8-18(9-11-19)14-15-29-16-17-30(22-13-12-21(22)29)24-20-6-4-5-7-23(20)33-28-24/h4-7,18-19,21-22H,8-17H2,1-3H3,(H,27,31)/t18-,19-,21?,22?. The topological polar surface area (TPSA) is 57.7 Å².